The highest BCUT2D eigenvalue weighted by atomic mass is 16.2. The SMILES string of the molecule is Cc1ccc(CCCC(=O)N(C)C(C)C)cc1. The molecule has 17 heavy (non-hydrogen) atoms. The lowest BCUT2D eigenvalue weighted by atomic mass is 10.1. The predicted molar refractivity (Wildman–Crippen MR) is 72.0 cm³/mol. The molecule has 0 heterocycles. The second kappa shape index (κ2) is 6.43. The maximum absolute atomic E-state index is 11.8. The number of hydrogen-bond donors (Lipinski definition) is 0. The first-order chi connectivity index (χ1) is 8.00. The number of rotatable bonds is 5. The van der Waals surface area contributed by atoms with Gasteiger partial charge in [-0.1, -0.05) is 29.8 Å². The average molecular weight is 233 g/mol. The Morgan fingerprint density at radius 3 is 2.35 bits per heavy atom. The number of carbonyl (C=O) groups is 1. The van der Waals surface area contributed by atoms with E-state index in [4.69, 9.17) is 0 Å². The van der Waals surface area contributed by atoms with Gasteiger partial charge < -0.3 is 4.90 Å². The summed E-state index contributed by atoms with van der Waals surface area (Å²) in [7, 11) is 1.87. The van der Waals surface area contributed by atoms with Crippen molar-refractivity contribution in [3.8, 4) is 0 Å². The van der Waals surface area contributed by atoms with E-state index in [-0.39, 0.29) is 5.91 Å². The van der Waals surface area contributed by atoms with Crippen LogP contribution in [-0.4, -0.2) is 23.9 Å². The number of nitrogens with zero attached hydrogens (tertiary/aromatic N) is 1. The first-order valence-electron chi connectivity index (χ1n) is 6.32. The van der Waals surface area contributed by atoms with Crippen LogP contribution in [0.25, 0.3) is 0 Å². The summed E-state index contributed by atoms with van der Waals surface area (Å²) in [6.07, 6.45) is 2.56. The number of carbonyl (C=O) groups excluding carboxylic acids is 1. The molecule has 0 atom stereocenters. The van der Waals surface area contributed by atoms with Crippen molar-refractivity contribution in [1.29, 1.82) is 0 Å². The van der Waals surface area contributed by atoms with E-state index in [0.717, 1.165) is 12.8 Å². The number of hydrogen-bond acceptors (Lipinski definition) is 1. The Kier molecular flexibility index (Phi) is 5.20. The van der Waals surface area contributed by atoms with Crippen LogP contribution >= 0.6 is 0 Å². The monoisotopic (exact) mass is 233 g/mol. The fourth-order valence-electron chi connectivity index (χ4n) is 1.66. The van der Waals surface area contributed by atoms with Crippen LogP contribution in [0.3, 0.4) is 0 Å². The van der Waals surface area contributed by atoms with Crippen LogP contribution in [-0.2, 0) is 11.2 Å². The molecule has 2 nitrogen and oxygen atoms in total. The van der Waals surface area contributed by atoms with Gasteiger partial charge in [-0.3, -0.25) is 4.79 Å². The highest BCUT2D eigenvalue weighted by Crippen LogP contribution is 2.08. The van der Waals surface area contributed by atoms with Crippen molar-refractivity contribution in [3.63, 3.8) is 0 Å². The third-order valence-corrected chi connectivity index (χ3v) is 3.14. The molecule has 0 aliphatic rings. The topological polar surface area (TPSA) is 20.3 Å². The molecule has 0 aromatic heterocycles. The lowest BCUT2D eigenvalue weighted by molar-refractivity contribution is -0.131. The van der Waals surface area contributed by atoms with Gasteiger partial charge in [0.2, 0.25) is 5.91 Å². The van der Waals surface area contributed by atoms with Crippen LogP contribution in [0.1, 0.15) is 37.8 Å². The van der Waals surface area contributed by atoms with Crippen LogP contribution in [0.15, 0.2) is 24.3 Å². The molecule has 1 rings (SSSR count). The molecular weight excluding hydrogens is 210 g/mol. The molecular formula is C15H23NO. The Balaban J connectivity index is 2.33. The van der Waals surface area contributed by atoms with E-state index in [0.29, 0.717) is 12.5 Å². The zero-order valence-electron chi connectivity index (χ0n) is 11.4. The minimum atomic E-state index is 0.243. The molecule has 1 amide bonds. The van der Waals surface area contributed by atoms with Gasteiger partial charge in [0, 0.05) is 19.5 Å². The fourth-order valence-corrected chi connectivity index (χ4v) is 1.66. The first-order valence-corrected chi connectivity index (χ1v) is 6.32. The number of benzene rings is 1. The molecule has 1 aromatic carbocycles. The Morgan fingerprint density at radius 1 is 1.24 bits per heavy atom. The van der Waals surface area contributed by atoms with E-state index in [1.807, 2.05) is 25.8 Å². The molecule has 0 aliphatic heterocycles. The highest BCUT2D eigenvalue weighted by molar-refractivity contribution is 5.76. The van der Waals surface area contributed by atoms with Gasteiger partial charge >= 0.3 is 0 Å². The zero-order chi connectivity index (χ0) is 12.8. The van der Waals surface area contributed by atoms with Crippen molar-refractivity contribution >= 4 is 5.91 Å². The fraction of sp³-hybridized carbons (Fsp3) is 0.533. The van der Waals surface area contributed by atoms with Crippen LogP contribution in [0, 0.1) is 6.92 Å². The number of aryl methyl sites for hydroxylation is 2. The normalized spacial score (nSPS) is 10.6. The van der Waals surface area contributed by atoms with Crippen molar-refractivity contribution in [2.75, 3.05) is 7.05 Å². The van der Waals surface area contributed by atoms with E-state index in [1.54, 1.807) is 0 Å². The lowest BCUT2D eigenvalue weighted by Crippen LogP contribution is -2.32. The van der Waals surface area contributed by atoms with Gasteiger partial charge in [0.15, 0.2) is 0 Å². The maximum Gasteiger partial charge on any atom is 0.222 e. The Morgan fingerprint density at radius 2 is 1.82 bits per heavy atom. The molecule has 0 spiro atoms. The van der Waals surface area contributed by atoms with Crippen molar-refractivity contribution in [3.05, 3.63) is 35.4 Å². The predicted octanol–water partition coefficient (Wildman–Crippen LogP) is 3.18. The zero-order valence-corrected chi connectivity index (χ0v) is 11.4. The molecule has 0 fully saturated rings. The van der Waals surface area contributed by atoms with Crippen molar-refractivity contribution < 1.29 is 4.79 Å². The summed E-state index contributed by atoms with van der Waals surface area (Å²) in [5.74, 6) is 0.243. The smallest absolute Gasteiger partial charge is 0.222 e. The maximum atomic E-state index is 11.8. The van der Waals surface area contributed by atoms with Gasteiger partial charge in [-0.15, -0.1) is 0 Å². The Bertz CT molecular complexity index is 354. The summed E-state index contributed by atoms with van der Waals surface area (Å²) in [4.78, 5) is 13.6. The first kappa shape index (κ1) is 13.8. The van der Waals surface area contributed by atoms with E-state index >= 15 is 0 Å². The minimum absolute atomic E-state index is 0.243. The van der Waals surface area contributed by atoms with E-state index in [2.05, 4.69) is 31.2 Å². The molecule has 94 valence electrons. The second-order valence-corrected chi connectivity index (χ2v) is 4.94. The second-order valence-electron chi connectivity index (χ2n) is 4.94. The van der Waals surface area contributed by atoms with Crippen LogP contribution in [0.5, 0.6) is 0 Å². The molecule has 0 N–H and O–H groups in total. The summed E-state index contributed by atoms with van der Waals surface area (Å²) >= 11 is 0. The molecule has 0 saturated carbocycles. The van der Waals surface area contributed by atoms with E-state index in [9.17, 15) is 4.79 Å². The van der Waals surface area contributed by atoms with Gasteiger partial charge in [0.05, 0.1) is 0 Å². The summed E-state index contributed by atoms with van der Waals surface area (Å²) in [5, 5.41) is 0. The molecule has 1 aromatic rings. The summed E-state index contributed by atoms with van der Waals surface area (Å²) in [5.41, 5.74) is 2.60. The molecule has 0 saturated heterocycles. The lowest BCUT2D eigenvalue weighted by Gasteiger charge is -2.21. The molecule has 0 radical (unpaired) electrons. The third kappa shape index (κ3) is 4.59. The Labute approximate surface area is 105 Å². The highest BCUT2D eigenvalue weighted by Gasteiger charge is 2.10. The van der Waals surface area contributed by atoms with Gasteiger partial charge in [0.25, 0.3) is 0 Å². The molecule has 0 aliphatic carbocycles. The van der Waals surface area contributed by atoms with Gasteiger partial charge in [0.1, 0.15) is 0 Å². The van der Waals surface area contributed by atoms with Crippen LogP contribution in [0.2, 0.25) is 0 Å². The minimum Gasteiger partial charge on any atom is -0.343 e. The van der Waals surface area contributed by atoms with Crippen LogP contribution < -0.4 is 0 Å². The van der Waals surface area contributed by atoms with Gasteiger partial charge in [-0.05, 0) is 39.2 Å². The van der Waals surface area contributed by atoms with E-state index in [1.165, 1.54) is 11.1 Å². The largest absolute Gasteiger partial charge is 0.343 e. The molecule has 0 bridgehead atoms. The molecule has 0 unspecified atom stereocenters. The van der Waals surface area contributed by atoms with Gasteiger partial charge in [-0.25, -0.2) is 0 Å². The van der Waals surface area contributed by atoms with Crippen LogP contribution in [0.4, 0.5) is 0 Å². The quantitative estimate of drug-likeness (QED) is 0.765. The third-order valence-electron chi connectivity index (χ3n) is 3.14. The van der Waals surface area contributed by atoms with Crippen molar-refractivity contribution in [2.24, 2.45) is 0 Å². The van der Waals surface area contributed by atoms with Crippen molar-refractivity contribution in [1.82, 2.24) is 4.90 Å². The summed E-state index contributed by atoms with van der Waals surface area (Å²) in [6.45, 7) is 6.17. The summed E-state index contributed by atoms with van der Waals surface area (Å²) in [6, 6.07) is 8.83. The average Bonchev–Trinajstić information content (AvgIpc) is 2.30. The van der Waals surface area contributed by atoms with Crippen molar-refractivity contribution in [2.45, 2.75) is 46.1 Å². The molecule has 2 heteroatoms. The van der Waals surface area contributed by atoms with E-state index < -0.39 is 0 Å². The Hall–Kier alpha value is -1.31. The number of amides is 1. The standard InChI is InChI=1S/C15H23NO/c1-12(2)16(4)15(17)7-5-6-14-10-8-13(3)9-11-14/h8-12H,5-7H2,1-4H3. The van der Waals surface area contributed by atoms with Gasteiger partial charge in [-0.2, -0.15) is 0 Å². The summed E-state index contributed by atoms with van der Waals surface area (Å²) < 4.78 is 0.